The van der Waals surface area contributed by atoms with Crippen molar-refractivity contribution < 1.29 is 9.34 Å². The number of hydrogen-bond donors (Lipinski definition) is 1. The minimum Gasteiger partial charge on any atom is -0.467 e. The highest BCUT2D eigenvalue weighted by Gasteiger charge is 2.11. The Morgan fingerprint density at radius 1 is 1.28 bits per heavy atom. The normalized spacial score (nSPS) is 10.3. The molecule has 0 fully saturated rings. The van der Waals surface area contributed by atoms with Crippen molar-refractivity contribution in [2.24, 2.45) is 0 Å². The summed E-state index contributed by atoms with van der Waals surface area (Å²) in [7, 11) is 0. The van der Waals surface area contributed by atoms with E-state index in [4.69, 9.17) is 4.42 Å². The van der Waals surface area contributed by atoms with Crippen molar-refractivity contribution in [1.29, 1.82) is 0 Å². The van der Waals surface area contributed by atoms with E-state index in [-0.39, 0.29) is 10.6 Å². The first kappa shape index (κ1) is 12.2. The molecule has 0 radical (unpaired) electrons. The third-order valence-corrected chi connectivity index (χ3v) is 2.83. The van der Waals surface area contributed by atoms with Crippen molar-refractivity contribution in [3.05, 3.63) is 57.5 Å². The molecule has 5 nitrogen and oxygen atoms in total. The van der Waals surface area contributed by atoms with Gasteiger partial charge in [-0.05, 0) is 31.5 Å². The smallest absolute Gasteiger partial charge is 0.274 e. The highest BCUT2D eigenvalue weighted by Crippen LogP contribution is 2.23. The molecule has 0 saturated heterocycles. The van der Waals surface area contributed by atoms with Gasteiger partial charge in [0, 0.05) is 17.3 Å². The molecule has 1 N–H and O–H groups in total. The first-order valence-corrected chi connectivity index (χ1v) is 5.60. The molecule has 0 saturated carbocycles. The molecule has 0 spiro atoms. The second-order valence-corrected chi connectivity index (χ2v) is 4.14. The van der Waals surface area contributed by atoms with Crippen LogP contribution in [0.25, 0.3) is 0 Å². The Bertz CT molecular complexity index is 575. The molecule has 5 heteroatoms. The number of hydrogen-bond acceptors (Lipinski definition) is 4. The van der Waals surface area contributed by atoms with Gasteiger partial charge in [-0.3, -0.25) is 10.1 Å². The zero-order valence-corrected chi connectivity index (χ0v) is 10.3. The van der Waals surface area contributed by atoms with Gasteiger partial charge in [-0.15, -0.1) is 0 Å². The number of nitrogens with zero attached hydrogens (tertiary/aromatic N) is 1. The third kappa shape index (κ3) is 2.51. The first-order valence-electron chi connectivity index (χ1n) is 5.60. The molecule has 0 unspecified atom stereocenters. The monoisotopic (exact) mass is 246 g/mol. The van der Waals surface area contributed by atoms with Crippen molar-refractivity contribution in [3.63, 3.8) is 0 Å². The van der Waals surface area contributed by atoms with E-state index in [9.17, 15) is 10.1 Å². The predicted octanol–water partition coefficient (Wildman–Crippen LogP) is 3.42. The van der Waals surface area contributed by atoms with Crippen molar-refractivity contribution >= 4 is 11.4 Å². The maximum absolute atomic E-state index is 10.8. The number of aryl methyl sites for hydroxylation is 2. The van der Waals surface area contributed by atoms with Gasteiger partial charge in [-0.25, -0.2) is 0 Å². The molecule has 0 amide bonds. The van der Waals surface area contributed by atoms with Crippen LogP contribution in [0.1, 0.15) is 16.9 Å². The molecular weight excluding hydrogens is 232 g/mol. The average molecular weight is 246 g/mol. The number of rotatable bonds is 4. The van der Waals surface area contributed by atoms with Crippen LogP contribution in [0.2, 0.25) is 0 Å². The van der Waals surface area contributed by atoms with E-state index >= 15 is 0 Å². The zero-order valence-electron chi connectivity index (χ0n) is 10.3. The van der Waals surface area contributed by atoms with Gasteiger partial charge in [0.25, 0.3) is 5.69 Å². The number of anilines is 1. The standard InChI is InChI=1S/C13H14N2O3/c1-9-3-4-11(7-12(9)15(16)17)14-8-13-10(2)5-6-18-13/h3-7,14H,8H2,1-2H3. The van der Waals surface area contributed by atoms with Crippen LogP contribution in [-0.2, 0) is 6.54 Å². The van der Waals surface area contributed by atoms with Crippen LogP contribution in [0.3, 0.4) is 0 Å². The van der Waals surface area contributed by atoms with Crippen molar-refractivity contribution in [2.75, 3.05) is 5.32 Å². The Morgan fingerprint density at radius 2 is 2.06 bits per heavy atom. The van der Waals surface area contributed by atoms with Crippen molar-refractivity contribution in [3.8, 4) is 0 Å². The van der Waals surface area contributed by atoms with E-state index in [1.165, 1.54) is 6.07 Å². The number of nitro benzene ring substituents is 1. The molecule has 94 valence electrons. The molecule has 0 aliphatic heterocycles. The molecule has 0 aliphatic rings. The van der Waals surface area contributed by atoms with Crippen LogP contribution in [0.4, 0.5) is 11.4 Å². The Balaban J connectivity index is 2.13. The highest BCUT2D eigenvalue weighted by molar-refractivity contribution is 5.54. The van der Waals surface area contributed by atoms with Crippen molar-refractivity contribution in [1.82, 2.24) is 0 Å². The zero-order chi connectivity index (χ0) is 13.1. The number of nitrogens with one attached hydrogen (secondary N) is 1. The van der Waals surface area contributed by atoms with E-state index in [2.05, 4.69) is 5.32 Å². The van der Waals surface area contributed by atoms with Crippen LogP contribution in [0.5, 0.6) is 0 Å². The van der Waals surface area contributed by atoms with E-state index in [1.54, 1.807) is 19.3 Å². The minimum atomic E-state index is -0.376. The molecule has 1 aromatic carbocycles. The number of furan rings is 1. The van der Waals surface area contributed by atoms with Crippen molar-refractivity contribution in [2.45, 2.75) is 20.4 Å². The van der Waals surface area contributed by atoms with Gasteiger partial charge in [-0.1, -0.05) is 6.07 Å². The Morgan fingerprint density at radius 3 is 2.67 bits per heavy atom. The summed E-state index contributed by atoms with van der Waals surface area (Å²) in [6.07, 6.45) is 1.63. The Kier molecular flexibility index (Phi) is 3.32. The highest BCUT2D eigenvalue weighted by atomic mass is 16.6. The maximum Gasteiger partial charge on any atom is 0.274 e. The second-order valence-electron chi connectivity index (χ2n) is 4.14. The van der Waals surface area contributed by atoms with Gasteiger partial charge in [0.05, 0.1) is 17.7 Å². The van der Waals surface area contributed by atoms with E-state index in [0.29, 0.717) is 17.8 Å². The first-order chi connectivity index (χ1) is 8.58. The SMILES string of the molecule is Cc1ccc(NCc2occc2C)cc1[N+](=O)[O-]. The van der Waals surface area contributed by atoms with E-state index in [1.807, 2.05) is 19.1 Å². The second kappa shape index (κ2) is 4.91. The lowest BCUT2D eigenvalue weighted by Crippen LogP contribution is -2.01. The van der Waals surface area contributed by atoms with Gasteiger partial charge in [0.2, 0.25) is 0 Å². The van der Waals surface area contributed by atoms with Crippen LogP contribution in [0.15, 0.2) is 34.9 Å². The van der Waals surface area contributed by atoms with Crippen LogP contribution < -0.4 is 5.32 Å². The predicted molar refractivity (Wildman–Crippen MR) is 68.6 cm³/mol. The summed E-state index contributed by atoms with van der Waals surface area (Å²) in [6.45, 7) is 4.19. The lowest BCUT2D eigenvalue weighted by molar-refractivity contribution is -0.385. The molecule has 0 atom stereocenters. The largest absolute Gasteiger partial charge is 0.467 e. The topological polar surface area (TPSA) is 68.3 Å². The van der Waals surface area contributed by atoms with Crippen LogP contribution in [0, 0.1) is 24.0 Å². The van der Waals surface area contributed by atoms with Gasteiger partial charge in [-0.2, -0.15) is 0 Å². The van der Waals surface area contributed by atoms with Gasteiger partial charge >= 0.3 is 0 Å². The van der Waals surface area contributed by atoms with E-state index < -0.39 is 0 Å². The third-order valence-electron chi connectivity index (χ3n) is 2.83. The molecular formula is C13H14N2O3. The van der Waals surface area contributed by atoms with Crippen LogP contribution in [-0.4, -0.2) is 4.92 Å². The Labute approximate surface area is 105 Å². The summed E-state index contributed by atoms with van der Waals surface area (Å²) in [5.41, 5.74) is 2.54. The van der Waals surface area contributed by atoms with Crippen LogP contribution >= 0.6 is 0 Å². The average Bonchev–Trinajstić information content (AvgIpc) is 2.73. The minimum absolute atomic E-state index is 0.121. The lowest BCUT2D eigenvalue weighted by Gasteiger charge is -2.06. The fraction of sp³-hybridized carbons (Fsp3) is 0.231. The summed E-state index contributed by atoms with van der Waals surface area (Å²) < 4.78 is 5.29. The number of benzene rings is 1. The summed E-state index contributed by atoms with van der Waals surface area (Å²) in [6, 6.07) is 6.97. The Hall–Kier alpha value is -2.30. The number of nitro groups is 1. The molecule has 18 heavy (non-hydrogen) atoms. The van der Waals surface area contributed by atoms with Gasteiger partial charge in [0.15, 0.2) is 0 Å². The fourth-order valence-corrected chi connectivity index (χ4v) is 1.68. The lowest BCUT2D eigenvalue weighted by atomic mass is 10.2. The maximum atomic E-state index is 10.8. The fourth-order valence-electron chi connectivity index (χ4n) is 1.68. The summed E-state index contributed by atoms with van der Waals surface area (Å²) in [5.74, 6) is 0.832. The molecule has 1 aromatic heterocycles. The van der Waals surface area contributed by atoms with Gasteiger partial charge < -0.3 is 9.73 Å². The molecule has 0 aliphatic carbocycles. The summed E-state index contributed by atoms with van der Waals surface area (Å²) in [4.78, 5) is 10.4. The van der Waals surface area contributed by atoms with E-state index in [0.717, 1.165) is 11.3 Å². The molecule has 0 bridgehead atoms. The molecule has 2 rings (SSSR count). The molecule has 1 heterocycles. The summed E-state index contributed by atoms with van der Waals surface area (Å²) >= 11 is 0. The summed E-state index contributed by atoms with van der Waals surface area (Å²) in [5, 5.41) is 13.9. The quantitative estimate of drug-likeness (QED) is 0.663. The van der Waals surface area contributed by atoms with Gasteiger partial charge in [0.1, 0.15) is 5.76 Å². The molecule has 2 aromatic rings.